The highest BCUT2D eigenvalue weighted by Crippen LogP contribution is 2.21. The number of carboxylic acid groups (broad SMARTS) is 1. The standard InChI is InChI=1S/C11H14O3/c1-2-9(12)10(11(13)14)8-6-4-3-5-7-8/h3-7,9-10,12H,2H2,1H3,(H,13,14). The topological polar surface area (TPSA) is 57.5 Å². The number of carboxylic acids is 1. The van der Waals surface area contributed by atoms with E-state index in [0.29, 0.717) is 12.0 Å². The van der Waals surface area contributed by atoms with Gasteiger partial charge >= 0.3 is 5.97 Å². The first-order valence-electron chi connectivity index (χ1n) is 4.62. The van der Waals surface area contributed by atoms with E-state index in [4.69, 9.17) is 5.11 Å². The third kappa shape index (κ3) is 2.33. The monoisotopic (exact) mass is 194 g/mol. The van der Waals surface area contributed by atoms with Gasteiger partial charge in [-0.1, -0.05) is 37.3 Å². The SMILES string of the molecule is CCC(O)C(C(=O)O)c1ccccc1. The van der Waals surface area contributed by atoms with Crippen LogP contribution in [-0.4, -0.2) is 22.3 Å². The highest BCUT2D eigenvalue weighted by Gasteiger charge is 2.26. The number of carbonyl (C=O) groups is 1. The third-order valence-corrected chi connectivity index (χ3v) is 2.23. The Morgan fingerprint density at radius 1 is 1.36 bits per heavy atom. The van der Waals surface area contributed by atoms with Gasteiger partial charge in [-0.15, -0.1) is 0 Å². The summed E-state index contributed by atoms with van der Waals surface area (Å²) in [7, 11) is 0. The number of benzene rings is 1. The van der Waals surface area contributed by atoms with Crippen molar-refractivity contribution in [2.24, 2.45) is 0 Å². The van der Waals surface area contributed by atoms with Gasteiger partial charge in [-0.05, 0) is 12.0 Å². The van der Waals surface area contributed by atoms with Crippen LogP contribution in [0.25, 0.3) is 0 Å². The largest absolute Gasteiger partial charge is 0.481 e. The molecule has 1 aromatic carbocycles. The minimum Gasteiger partial charge on any atom is -0.481 e. The van der Waals surface area contributed by atoms with Gasteiger partial charge in [-0.25, -0.2) is 0 Å². The predicted molar refractivity (Wildman–Crippen MR) is 53.1 cm³/mol. The highest BCUT2D eigenvalue weighted by molar-refractivity contribution is 5.76. The number of hydrogen-bond donors (Lipinski definition) is 2. The maximum absolute atomic E-state index is 10.9. The first kappa shape index (κ1) is 10.7. The van der Waals surface area contributed by atoms with Crippen LogP contribution in [0.4, 0.5) is 0 Å². The zero-order valence-electron chi connectivity index (χ0n) is 8.05. The number of aliphatic carboxylic acids is 1. The van der Waals surface area contributed by atoms with E-state index >= 15 is 0 Å². The van der Waals surface area contributed by atoms with Crippen molar-refractivity contribution < 1.29 is 15.0 Å². The molecule has 0 aromatic heterocycles. The second kappa shape index (κ2) is 4.77. The van der Waals surface area contributed by atoms with Gasteiger partial charge in [0.25, 0.3) is 0 Å². The Balaban J connectivity index is 2.95. The van der Waals surface area contributed by atoms with Gasteiger partial charge in [0.2, 0.25) is 0 Å². The zero-order valence-corrected chi connectivity index (χ0v) is 8.05. The molecule has 76 valence electrons. The molecule has 0 saturated heterocycles. The Kier molecular flexibility index (Phi) is 3.65. The summed E-state index contributed by atoms with van der Waals surface area (Å²) < 4.78 is 0. The highest BCUT2D eigenvalue weighted by atomic mass is 16.4. The summed E-state index contributed by atoms with van der Waals surface area (Å²) in [5.74, 6) is -1.80. The van der Waals surface area contributed by atoms with E-state index in [1.807, 2.05) is 6.07 Å². The van der Waals surface area contributed by atoms with Crippen molar-refractivity contribution in [3.05, 3.63) is 35.9 Å². The molecule has 14 heavy (non-hydrogen) atoms. The molecule has 0 saturated carbocycles. The van der Waals surface area contributed by atoms with E-state index < -0.39 is 18.0 Å². The molecule has 1 aromatic rings. The van der Waals surface area contributed by atoms with Crippen molar-refractivity contribution in [1.29, 1.82) is 0 Å². The van der Waals surface area contributed by atoms with Crippen LogP contribution in [-0.2, 0) is 4.79 Å². The van der Waals surface area contributed by atoms with Gasteiger partial charge in [0.1, 0.15) is 5.92 Å². The van der Waals surface area contributed by atoms with E-state index in [1.54, 1.807) is 31.2 Å². The van der Waals surface area contributed by atoms with E-state index in [-0.39, 0.29) is 0 Å². The van der Waals surface area contributed by atoms with Crippen LogP contribution < -0.4 is 0 Å². The summed E-state index contributed by atoms with van der Waals surface area (Å²) in [4.78, 5) is 10.9. The smallest absolute Gasteiger partial charge is 0.313 e. The number of aliphatic hydroxyl groups excluding tert-OH is 1. The molecule has 0 bridgehead atoms. The summed E-state index contributed by atoms with van der Waals surface area (Å²) in [6.07, 6.45) is -0.388. The van der Waals surface area contributed by atoms with Crippen LogP contribution in [0.15, 0.2) is 30.3 Å². The van der Waals surface area contributed by atoms with Gasteiger partial charge < -0.3 is 10.2 Å². The lowest BCUT2D eigenvalue weighted by Gasteiger charge is -2.17. The molecule has 2 N–H and O–H groups in total. The Bertz CT molecular complexity index is 295. The first-order valence-corrected chi connectivity index (χ1v) is 4.62. The average Bonchev–Trinajstić information content (AvgIpc) is 2.19. The lowest BCUT2D eigenvalue weighted by atomic mass is 9.92. The van der Waals surface area contributed by atoms with Gasteiger partial charge in [0.05, 0.1) is 6.10 Å². The van der Waals surface area contributed by atoms with E-state index in [2.05, 4.69) is 0 Å². The van der Waals surface area contributed by atoms with Crippen LogP contribution in [0.2, 0.25) is 0 Å². The van der Waals surface area contributed by atoms with E-state index in [9.17, 15) is 9.90 Å². The molecule has 0 fully saturated rings. The molecule has 0 radical (unpaired) electrons. The Morgan fingerprint density at radius 2 is 1.93 bits per heavy atom. The molecule has 0 aliphatic carbocycles. The molecule has 2 atom stereocenters. The quantitative estimate of drug-likeness (QED) is 0.765. The summed E-state index contributed by atoms with van der Waals surface area (Å²) in [6.45, 7) is 1.77. The Morgan fingerprint density at radius 3 is 2.36 bits per heavy atom. The van der Waals surface area contributed by atoms with Crippen molar-refractivity contribution in [1.82, 2.24) is 0 Å². The van der Waals surface area contributed by atoms with E-state index in [1.165, 1.54) is 0 Å². The number of aliphatic hydroxyl groups is 1. The normalized spacial score (nSPS) is 14.7. The van der Waals surface area contributed by atoms with Gasteiger partial charge in [-0.2, -0.15) is 0 Å². The van der Waals surface area contributed by atoms with Crippen LogP contribution in [0, 0.1) is 0 Å². The van der Waals surface area contributed by atoms with Crippen molar-refractivity contribution in [3.63, 3.8) is 0 Å². The zero-order chi connectivity index (χ0) is 10.6. The van der Waals surface area contributed by atoms with Crippen molar-refractivity contribution in [3.8, 4) is 0 Å². The minimum absolute atomic E-state index is 0.436. The maximum Gasteiger partial charge on any atom is 0.313 e. The first-order chi connectivity index (χ1) is 6.66. The summed E-state index contributed by atoms with van der Waals surface area (Å²) in [6, 6.07) is 8.80. The number of rotatable bonds is 4. The van der Waals surface area contributed by atoms with Crippen LogP contribution in [0.3, 0.4) is 0 Å². The molecule has 0 amide bonds. The van der Waals surface area contributed by atoms with Crippen molar-refractivity contribution in [2.45, 2.75) is 25.4 Å². The lowest BCUT2D eigenvalue weighted by Crippen LogP contribution is -2.25. The van der Waals surface area contributed by atoms with E-state index in [0.717, 1.165) is 0 Å². The molecular formula is C11H14O3. The summed E-state index contributed by atoms with van der Waals surface area (Å²) >= 11 is 0. The molecule has 0 heterocycles. The van der Waals surface area contributed by atoms with Crippen LogP contribution >= 0.6 is 0 Å². The van der Waals surface area contributed by atoms with Gasteiger partial charge in [0.15, 0.2) is 0 Å². The van der Waals surface area contributed by atoms with Crippen LogP contribution in [0.5, 0.6) is 0 Å². The second-order valence-electron chi connectivity index (χ2n) is 3.20. The molecule has 0 spiro atoms. The van der Waals surface area contributed by atoms with Crippen LogP contribution in [0.1, 0.15) is 24.8 Å². The summed E-state index contributed by atoms with van der Waals surface area (Å²) in [5.41, 5.74) is 0.648. The second-order valence-corrected chi connectivity index (χ2v) is 3.20. The third-order valence-electron chi connectivity index (χ3n) is 2.23. The van der Waals surface area contributed by atoms with Crippen molar-refractivity contribution in [2.75, 3.05) is 0 Å². The maximum atomic E-state index is 10.9. The lowest BCUT2D eigenvalue weighted by molar-refractivity contribution is -0.141. The molecule has 0 aliphatic heterocycles. The molecule has 2 unspecified atom stereocenters. The number of hydrogen-bond acceptors (Lipinski definition) is 2. The predicted octanol–water partition coefficient (Wildman–Crippen LogP) is 1.63. The Labute approximate surface area is 83.0 Å². The van der Waals surface area contributed by atoms with Crippen molar-refractivity contribution >= 4 is 5.97 Å². The summed E-state index contributed by atoms with van der Waals surface area (Å²) in [5, 5.41) is 18.5. The van der Waals surface area contributed by atoms with Gasteiger partial charge in [-0.3, -0.25) is 4.79 Å². The average molecular weight is 194 g/mol. The molecule has 3 heteroatoms. The molecule has 1 rings (SSSR count). The molecule has 0 aliphatic rings. The fraction of sp³-hybridized carbons (Fsp3) is 0.364. The fourth-order valence-electron chi connectivity index (χ4n) is 1.43. The fourth-order valence-corrected chi connectivity index (χ4v) is 1.43. The minimum atomic E-state index is -0.981. The Hall–Kier alpha value is -1.35. The van der Waals surface area contributed by atoms with Gasteiger partial charge in [0, 0.05) is 0 Å². The molecular weight excluding hydrogens is 180 g/mol. The molecule has 3 nitrogen and oxygen atoms in total.